The van der Waals surface area contributed by atoms with Crippen LogP contribution in [0.5, 0.6) is 0 Å². The van der Waals surface area contributed by atoms with Crippen LogP contribution in [0.25, 0.3) is 11.1 Å². The first-order valence-corrected chi connectivity index (χ1v) is 7.71. The molecule has 0 aliphatic heterocycles. The molecule has 0 amide bonds. The summed E-state index contributed by atoms with van der Waals surface area (Å²) in [4.78, 5) is 12.9. The lowest BCUT2D eigenvalue weighted by Crippen LogP contribution is -2.15. The quantitative estimate of drug-likeness (QED) is 0.593. The molecule has 0 unspecified atom stereocenters. The maximum Gasteiger partial charge on any atom is 0.419 e. The summed E-state index contributed by atoms with van der Waals surface area (Å²) >= 11 is 1.64. The van der Waals surface area contributed by atoms with Gasteiger partial charge in [-0.25, -0.2) is 4.79 Å². The van der Waals surface area contributed by atoms with Crippen LogP contribution in [0.2, 0.25) is 0 Å². The first kappa shape index (κ1) is 13.8. The van der Waals surface area contributed by atoms with Gasteiger partial charge >= 0.3 is 5.76 Å². The SMILES string of the molecule is Cc1ccc(SCCn2c(=O)oc3ccccc32)c(N)c1. The molecule has 0 bridgehead atoms. The van der Waals surface area contributed by atoms with Crippen LogP contribution in [0.4, 0.5) is 5.69 Å². The summed E-state index contributed by atoms with van der Waals surface area (Å²) in [7, 11) is 0. The zero-order valence-electron chi connectivity index (χ0n) is 11.7. The largest absolute Gasteiger partial charge is 0.419 e. The van der Waals surface area contributed by atoms with E-state index in [1.807, 2.05) is 43.3 Å². The number of anilines is 1. The van der Waals surface area contributed by atoms with Crippen molar-refractivity contribution in [3.63, 3.8) is 0 Å². The van der Waals surface area contributed by atoms with Crippen LogP contribution in [0.15, 0.2) is 56.6 Å². The Hall–Kier alpha value is -2.14. The van der Waals surface area contributed by atoms with Crippen LogP contribution < -0.4 is 11.5 Å². The average molecular weight is 300 g/mol. The van der Waals surface area contributed by atoms with Crippen LogP contribution in [0, 0.1) is 6.92 Å². The predicted octanol–water partition coefficient (Wildman–Crippen LogP) is 3.28. The number of hydrogen-bond acceptors (Lipinski definition) is 4. The van der Waals surface area contributed by atoms with Gasteiger partial charge < -0.3 is 10.2 Å². The van der Waals surface area contributed by atoms with E-state index < -0.39 is 0 Å². The number of thioether (sulfide) groups is 1. The average Bonchev–Trinajstić information content (AvgIpc) is 2.77. The molecule has 4 nitrogen and oxygen atoms in total. The Morgan fingerprint density at radius 3 is 2.86 bits per heavy atom. The molecule has 0 saturated heterocycles. The van der Waals surface area contributed by atoms with Crippen LogP contribution in [0.3, 0.4) is 0 Å². The molecule has 2 aromatic carbocycles. The van der Waals surface area contributed by atoms with Gasteiger partial charge in [0.2, 0.25) is 0 Å². The number of aryl methyl sites for hydroxylation is 2. The molecular weight excluding hydrogens is 284 g/mol. The van der Waals surface area contributed by atoms with Crippen molar-refractivity contribution in [2.24, 2.45) is 0 Å². The Kier molecular flexibility index (Phi) is 3.75. The number of hydrogen-bond donors (Lipinski definition) is 1. The molecule has 5 heteroatoms. The third kappa shape index (κ3) is 2.83. The van der Waals surface area contributed by atoms with Crippen LogP contribution >= 0.6 is 11.8 Å². The Bertz CT molecular complexity index is 836. The summed E-state index contributed by atoms with van der Waals surface area (Å²) in [6, 6.07) is 13.5. The van der Waals surface area contributed by atoms with Gasteiger partial charge in [-0.2, -0.15) is 0 Å². The summed E-state index contributed by atoms with van der Waals surface area (Å²) in [5, 5.41) is 0. The first-order chi connectivity index (χ1) is 10.1. The fourth-order valence-electron chi connectivity index (χ4n) is 2.27. The van der Waals surface area contributed by atoms with Gasteiger partial charge in [0.15, 0.2) is 5.58 Å². The summed E-state index contributed by atoms with van der Waals surface area (Å²) in [6.07, 6.45) is 0. The van der Waals surface area contributed by atoms with Crippen LogP contribution in [-0.4, -0.2) is 10.3 Å². The van der Waals surface area contributed by atoms with Gasteiger partial charge in [0.1, 0.15) is 0 Å². The van der Waals surface area contributed by atoms with Gasteiger partial charge in [0.25, 0.3) is 0 Å². The number of aromatic nitrogens is 1. The highest BCUT2D eigenvalue weighted by Crippen LogP contribution is 2.26. The van der Waals surface area contributed by atoms with Crippen molar-refractivity contribution in [3.8, 4) is 0 Å². The summed E-state index contributed by atoms with van der Waals surface area (Å²) in [5.74, 6) is 0.449. The second-order valence-electron chi connectivity index (χ2n) is 4.88. The van der Waals surface area contributed by atoms with Crippen molar-refractivity contribution < 1.29 is 4.42 Å². The number of nitrogens with zero attached hydrogens (tertiary/aromatic N) is 1. The second-order valence-corrected chi connectivity index (χ2v) is 6.01. The minimum absolute atomic E-state index is 0.311. The predicted molar refractivity (Wildman–Crippen MR) is 86.8 cm³/mol. The van der Waals surface area contributed by atoms with E-state index in [1.165, 1.54) is 0 Å². The lowest BCUT2D eigenvalue weighted by molar-refractivity contribution is 0.514. The standard InChI is InChI=1S/C16H16N2O2S/c1-11-6-7-15(12(17)10-11)21-9-8-18-13-4-2-3-5-14(13)20-16(18)19/h2-7,10H,8-9,17H2,1H3. The van der Waals surface area contributed by atoms with Crippen LogP contribution in [-0.2, 0) is 6.54 Å². The molecule has 0 aliphatic carbocycles. The maximum absolute atomic E-state index is 11.9. The van der Waals surface area contributed by atoms with Gasteiger partial charge in [0.05, 0.1) is 5.52 Å². The number of oxazole rings is 1. The van der Waals surface area contributed by atoms with Crippen molar-refractivity contribution in [3.05, 3.63) is 58.6 Å². The van der Waals surface area contributed by atoms with E-state index in [0.29, 0.717) is 12.1 Å². The topological polar surface area (TPSA) is 61.2 Å². The summed E-state index contributed by atoms with van der Waals surface area (Å²) < 4.78 is 6.87. The first-order valence-electron chi connectivity index (χ1n) is 6.72. The molecule has 0 radical (unpaired) electrons. The highest BCUT2D eigenvalue weighted by atomic mass is 32.2. The molecule has 0 spiro atoms. The highest BCUT2D eigenvalue weighted by Gasteiger charge is 2.08. The molecule has 1 aromatic heterocycles. The molecule has 1 heterocycles. The van der Waals surface area contributed by atoms with E-state index in [4.69, 9.17) is 10.2 Å². The molecule has 2 N–H and O–H groups in total. The highest BCUT2D eigenvalue weighted by molar-refractivity contribution is 7.99. The normalized spacial score (nSPS) is 11.1. The summed E-state index contributed by atoms with van der Waals surface area (Å²) in [5.41, 5.74) is 9.38. The minimum Gasteiger partial charge on any atom is -0.408 e. The molecule has 0 aliphatic rings. The van der Waals surface area contributed by atoms with Crippen molar-refractivity contribution in [1.82, 2.24) is 4.57 Å². The molecule has 0 saturated carbocycles. The molecule has 3 rings (SSSR count). The van der Waals surface area contributed by atoms with Crippen LogP contribution in [0.1, 0.15) is 5.56 Å². The number of nitrogen functional groups attached to an aromatic ring is 1. The molecule has 108 valence electrons. The number of rotatable bonds is 4. The second kappa shape index (κ2) is 5.69. The molecule has 21 heavy (non-hydrogen) atoms. The zero-order chi connectivity index (χ0) is 14.8. The Labute approximate surface area is 126 Å². The Morgan fingerprint density at radius 2 is 2.05 bits per heavy atom. The smallest absolute Gasteiger partial charge is 0.408 e. The third-order valence-electron chi connectivity index (χ3n) is 3.31. The molecule has 0 fully saturated rings. The molecular formula is C16H16N2O2S. The maximum atomic E-state index is 11.9. The monoisotopic (exact) mass is 300 g/mol. The lowest BCUT2D eigenvalue weighted by Gasteiger charge is -2.06. The van der Waals surface area contributed by atoms with Crippen molar-refractivity contribution >= 4 is 28.5 Å². The van der Waals surface area contributed by atoms with E-state index in [2.05, 4.69) is 0 Å². The Morgan fingerprint density at radius 1 is 1.24 bits per heavy atom. The van der Waals surface area contributed by atoms with Gasteiger partial charge in [0, 0.05) is 22.9 Å². The van der Waals surface area contributed by atoms with E-state index in [0.717, 1.165) is 27.4 Å². The molecule has 3 aromatic rings. The zero-order valence-corrected chi connectivity index (χ0v) is 12.5. The van der Waals surface area contributed by atoms with Gasteiger partial charge in [-0.1, -0.05) is 18.2 Å². The number of benzene rings is 2. The number of para-hydroxylation sites is 2. The fourth-order valence-corrected chi connectivity index (χ4v) is 3.16. The van der Waals surface area contributed by atoms with Gasteiger partial charge in [-0.15, -0.1) is 11.8 Å². The van der Waals surface area contributed by atoms with E-state index >= 15 is 0 Å². The number of fused-ring (bicyclic) bond motifs is 1. The van der Waals surface area contributed by atoms with Gasteiger partial charge in [-0.3, -0.25) is 4.57 Å². The van der Waals surface area contributed by atoms with E-state index in [9.17, 15) is 4.79 Å². The lowest BCUT2D eigenvalue weighted by atomic mass is 10.2. The third-order valence-corrected chi connectivity index (χ3v) is 4.38. The van der Waals surface area contributed by atoms with Crippen molar-refractivity contribution in [2.45, 2.75) is 18.4 Å². The summed E-state index contributed by atoms with van der Waals surface area (Å²) in [6.45, 7) is 2.61. The molecule has 0 atom stereocenters. The van der Waals surface area contributed by atoms with Gasteiger partial charge in [-0.05, 0) is 36.8 Å². The number of nitrogens with two attached hydrogens (primary N) is 1. The van der Waals surface area contributed by atoms with E-state index in [-0.39, 0.29) is 5.76 Å². The minimum atomic E-state index is -0.311. The van der Waals surface area contributed by atoms with Crippen molar-refractivity contribution in [1.29, 1.82) is 0 Å². The fraction of sp³-hybridized carbons (Fsp3) is 0.188. The van der Waals surface area contributed by atoms with E-state index in [1.54, 1.807) is 22.4 Å². The van der Waals surface area contributed by atoms with Crippen molar-refractivity contribution in [2.75, 3.05) is 11.5 Å². The Balaban J connectivity index is 1.75.